The first-order chi connectivity index (χ1) is 12.7. The molecule has 134 valence electrons. The number of aromatic nitrogens is 4. The van der Waals surface area contributed by atoms with E-state index >= 15 is 0 Å². The van der Waals surface area contributed by atoms with E-state index in [0.29, 0.717) is 6.54 Å². The fourth-order valence-electron chi connectivity index (χ4n) is 3.98. The van der Waals surface area contributed by atoms with Crippen molar-refractivity contribution in [1.29, 1.82) is 0 Å². The Kier molecular flexibility index (Phi) is 3.66. The van der Waals surface area contributed by atoms with Gasteiger partial charge in [-0.2, -0.15) is 5.10 Å². The topological polar surface area (TPSA) is 75.9 Å². The fraction of sp³-hybridized carbons (Fsp3) is 0.444. The van der Waals surface area contributed by atoms with Crippen LogP contribution in [0.1, 0.15) is 29.7 Å². The Morgan fingerprint density at radius 2 is 2.15 bits per heavy atom. The summed E-state index contributed by atoms with van der Waals surface area (Å²) in [6.07, 6.45) is 10.6. The van der Waals surface area contributed by atoms with Crippen LogP contribution in [0.25, 0.3) is 10.2 Å². The fourth-order valence-corrected chi connectivity index (χ4v) is 5.21. The van der Waals surface area contributed by atoms with Crippen molar-refractivity contribution in [3.05, 3.63) is 29.2 Å². The summed E-state index contributed by atoms with van der Waals surface area (Å²) in [5.41, 5.74) is 2.23. The number of hydrogen-bond acceptors (Lipinski definition) is 6. The van der Waals surface area contributed by atoms with Gasteiger partial charge in [-0.1, -0.05) is 0 Å². The van der Waals surface area contributed by atoms with E-state index in [-0.39, 0.29) is 11.9 Å². The quantitative estimate of drug-likeness (QED) is 0.769. The van der Waals surface area contributed by atoms with Gasteiger partial charge in [0.25, 0.3) is 0 Å². The molecule has 1 aliphatic heterocycles. The number of aryl methyl sites for hydroxylation is 3. The summed E-state index contributed by atoms with van der Waals surface area (Å²) >= 11 is 1.78. The molecule has 26 heavy (non-hydrogen) atoms. The Labute approximate surface area is 155 Å². The highest BCUT2D eigenvalue weighted by atomic mass is 32.1. The summed E-state index contributed by atoms with van der Waals surface area (Å²) in [4.78, 5) is 26.1. The first-order valence-electron chi connectivity index (χ1n) is 9.02. The second-order valence-electron chi connectivity index (χ2n) is 6.96. The normalized spacial score (nSPS) is 20.0. The maximum absolute atomic E-state index is 12.9. The van der Waals surface area contributed by atoms with Crippen LogP contribution in [0.4, 0.5) is 11.5 Å². The zero-order valence-electron chi connectivity index (χ0n) is 14.6. The van der Waals surface area contributed by atoms with Crippen LogP contribution in [0, 0.1) is 0 Å². The molecular formula is C18H20N6OS. The highest BCUT2D eigenvalue weighted by Crippen LogP contribution is 2.38. The maximum atomic E-state index is 12.9. The Hall–Kier alpha value is -2.48. The lowest BCUT2D eigenvalue weighted by Crippen LogP contribution is -2.33. The SMILES string of the molecule is Cn1cc(N2CCC(Nc3ncnc4sc5c(c34)CCCC5)C2=O)cn1. The first-order valence-corrected chi connectivity index (χ1v) is 9.84. The molecule has 0 radical (unpaired) electrons. The van der Waals surface area contributed by atoms with E-state index in [9.17, 15) is 4.79 Å². The molecule has 1 atom stereocenters. The number of thiophene rings is 1. The summed E-state index contributed by atoms with van der Waals surface area (Å²) in [5.74, 6) is 0.884. The van der Waals surface area contributed by atoms with Crippen LogP contribution in [0.5, 0.6) is 0 Å². The van der Waals surface area contributed by atoms with Gasteiger partial charge in [0.05, 0.1) is 17.3 Å². The maximum Gasteiger partial charge on any atom is 0.249 e. The average molecular weight is 368 g/mol. The van der Waals surface area contributed by atoms with Crippen LogP contribution in [-0.2, 0) is 24.7 Å². The highest BCUT2D eigenvalue weighted by Gasteiger charge is 2.34. The zero-order chi connectivity index (χ0) is 17.7. The number of carbonyl (C=O) groups excluding carboxylic acids is 1. The van der Waals surface area contributed by atoms with Gasteiger partial charge < -0.3 is 10.2 Å². The first kappa shape index (κ1) is 15.7. The molecular weight excluding hydrogens is 348 g/mol. The van der Waals surface area contributed by atoms with Crippen LogP contribution in [0.2, 0.25) is 0 Å². The third-order valence-electron chi connectivity index (χ3n) is 5.27. The Balaban J connectivity index is 1.45. The Bertz CT molecular complexity index is 993. The molecule has 1 fully saturated rings. The van der Waals surface area contributed by atoms with E-state index < -0.39 is 0 Å². The minimum Gasteiger partial charge on any atom is -0.358 e. The van der Waals surface area contributed by atoms with Gasteiger partial charge >= 0.3 is 0 Å². The van der Waals surface area contributed by atoms with Gasteiger partial charge in [0.15, 0.2) is 0 Å². The van der Waals surface area contributed by atoms with Crippen molar-refractivity contribution in [3.8, 4) is 0 Å². The van der Waals surface area contributed by atoms with E-state index in [0.717, 1.165) is 41.0 Å². The van der Waals surface area contributed by atoms with Gasteiger partial charge in [-0.3, -0.25) is 9.48 Å². The van der Waals surface area contributed by atoms with Crippen molar-refractivity contribution in [1.82, 2.24) is 19.7 Å². The zero-order valence-corrected chi connectivity index (χ0v) is 15.4. The van der Waals surface area contributed by atoms with Gasteiger partial charge in [-0.25, -0.2) is 9.97 Å². The van der Waals surface area contributed by atoms with Crippen molar-refractivity contribution in [3.63, 3.8) is 0 Å². The van der Waals surface area contributed by atoms with Gasteiger partial charge in [0, 0.05) is 24.7 Å². The largest absolute Gasteiger partial charge is 0.358 e. The smallest absolute Gasteiger partial charge is 0.249 e. The molecule has 1 amide bonds. The van der Waals surface area contributed by atoms with Crippen LogP contribution in [0.3, 0.4) is 0 Å². The molecule has 3 aromatic heterocycles. The van der Waals surface area contributed by atoms with E-state index in [2.05, 4.69) is 20.4 Å². The lowest BCUT2D eigenvalue weighted by atomic mass is 9.97. The summed E-state index contributed by atoms with van der Waals surface area (Å²) in [6, 6.07) is -0.257. The van der Waals surface area contributed by atoms with Crippen molar-refractivity contribution in [2.24, 2.45) is 7.05 Å². The molecule has 7 nitrogen and oxygen atoms in total. The molecule has 0 saturated carbocycles. The Morgan fingerprint density at radius 3 is 3.00 bits per heavy atom. The lowest BCUT2D eigenvalue weighted by molar-refractivity contribution is -0.117. The van der Waals surface area contributed by atoms with Crippen molar-refractivity contribution < 1.29 is 4.79 Å². The summed E-state index contributed by atoms with van der Waals surface area (Å²) < 4.78 is 1.72. The molecule has 0 spiro atoms. The number of amides is 1. The predicted molar refractivity (Wildman–Crippen MR) is 102 cm³/mol. The highest BCUT2D eigenvalue weighted by molar-refractivity contribution is 7.19. The molecule has 0 bridgehead atoms. The van der Waals surface area contributed by atoms with E-state index in [4.69, 9.17) is 0 Å². The number of nitrogens with zero attached hydrogens (tertiary/aromatic N) is 5. The van der Waals surface area contributed by atoms with Gasteiger partial charge in [-0.15, -0.1) is 11.3 Å². The molecule has 8 heteroatoms. The van der Waals surface area contributed by atoms with Gasteiger partial charge in [0.1, 0.15) is 23.0 Å². The second-order valence-corrected chi connectivity index (χ2v) is 8.04. The molecule has 1 unspecified atom stereocenters. The molecule has 4 heterocycles. The van der Waals surface area contributed by atoms with Crippen molar-refractivity contribution >= 4 is 39.0 Å². The van der Waals surface area contributed by atoms with E-state index in [1.807, 2.05) is 13.2 Å². The summed E-state index contributed by atoms with van der Waals surface area (Å²) in [5, 5.41) is 8.71. The van der Waals surface area contributed by atoms with Crippen LogP contribution in [0.15, 0.2) is 18.7 Å². The molecule has 0 aromatic carbocycles. The van der Waals surface area contributed by atoms with Crippen LogP contribution >= 0.6 is 11.3 Å². The minimum absolute atomic E-state index is 0.0776. The number of carbonyl (C=O) groups is 1. The predicted octanol–water partition coefficient (Wildman–Crippen LogP) is 2.52. The van der Waals surface area contributed by atoms with Crippen LogP contribution in [-0.4, -0.2) is 38.2 Å². The third-order valence-corrected chi connectivity index (χ3v) is 6.47. The lowest BCUT2D eigenvalue weighted by Gasteiger charge is -2.16. The Morgan fingerprint density at radius 1 is 1.27 bits per heavy atom. The van der Waals surface area contributed by atoms with Crippen LogP contribution < -0.4 is 10.2 Å². The van der Waals surface area contributed by atoms with Crippen molar-refractivity contribution in [2.45, 2.75) is 38.1 Å². The number of hydrogen-bond donors (Lipinski definition) is 1. The van der Waals surface area contributed by atoms with Gasteiger partial charge in [-0.05, 0) is 37.7 Å². The second kappa shape index (κ2) is 6.05. The molecule has 1 aliphatic carbocycles. The monoisotopic (exact) mass is 368 g/mol. The number of rotatable bonds is 3. The molecule has 5 rings (SSSR count). The standard InChI is InChI=1S/C18H20N6OS/c1-23-9-11(8-21-23)24-7-6-13(18(24)25)22-16-15-12-4-2-3-5-14(12)26-17(15)20-10-19-16/h8-10,13H,2-7H2,1H3,(H,19,20,22). The number of nitrogens with one attached hydrogen (secondary N) is 1. The number of anilines is 2. The molecule has 1 saturated heterocycles. The number of fused-ring (bicyclic) bond motifs is 3. The molecule has 2 aliphatic rings. The average Bonchev–Trinajstić information content (AvgIpc) is 3.33. The summed E-state index contributed by atoms with van der Waals surface area (Å²) in [6.45, 7) is 0.693. The van der Waals surface area contributed by atoms with E-state index in [1.54, 1.807) is 33.4 Å². The molecule has 3 aromatic rings. The van der Waals surface area contributed by atoms with E-state index in [1.165, 1.54) is 23.3 Å². The molecule has 1 N–H and O–H groups in total. The van der Waals surface area contributed by atoms with Crippen molar-refractivity contribution in [2.75, 3.05) is 16.8 Å². The third kappa shape index (κ3) is 2.47. The van der Waals surface area contributed by atoms with Gasteiger partial charge in [0.2, 0.25) is 5.91 Å². The minimum atomic E-state index is -0.257. The summed E-state index contributed by atoms with van der Waals surface area (Å²) in [7, 11) is 1.86.